The topological polar surface area (TPSA) is 48.2 Å². The summed E-state index contributed by atoms with van der Waals surface area (Å²) in [4.78, 5) is 0. The minimum atomic E-state index is 0.461. The first-order valence-corrected chi connectivity index (χ1v) is 3.74. The van der Waals surface area contributed by atoms with E-state index in [1.807, 2.05) is 24.3 Å². The molecule has 13 heavy (non-hydrogen) atoms. The molecule has 0 spiro atoms. The second kappa shape index (κ2) is 3.26. The Hall–Kier alpha value is -1.84. The van der Waals surface area contributed by atoms with Gasteiger partial charge in [0.2, 0.25) is 5.89 Å². The van der Waals surface area contributed by atoms with E-state index in [-0.39, 0.29) is 0 Å². The Morgan fingerprint density at radius 1 is 1.31 bits per heavy atom. The number of methoxy groups -OCH3 is 1. The van der Waals surface area contributed by atoms with E-state index in [2.05, 4.69) is 16.6 Å². The molecule has 0 aliphatic heterocycles. The van der Waals surface area contributed by atoms with E-state index in [9.17, 15) is 0 Å². The second-order valence-electron chi connectivity index (χ2n) is 2.43. The van der Waals surface area contributed by atoms with Crippen LogP contribution in [-0.2, 0) is 0 Å². The number of hydrogen-bond donors (Lipinski definition) is 0. The highest BCUT2D eigenvalue weighted by atomic mass is 16.5. The summed E-state index contributed by atoms with van der Waals surface area (Å²) in [5.74, 6) is 1.26. The summed E-state index contributed by atoms with van der Waals surface area (Å²) in [6.07, 6.45) is 2.29. The van der Waals surface area contributed by atoms with Gasteiger partial charge in [-0.15, -0.1) is 10.2 Å². The minimum Gasteiger partial charge on any atom is -0.497 e. The highest BCUT2D eigenvalue weighted by Gasteiger charge is 2.02. The maximum Gasteiger partial charge on any atom is 0.306 e. The van der Waals surface area contributed by atoms with Crippen LogP contribution in [0.1, 0.15) is 0 Å². The van der Waals surface area contributed by atoms with Gasteiger partial charge in [0.15, 0.2) is 0 Å². The lowest BCUT2D eigenvalue weighted by Gasteiger charge is -1.98. The summed E-state index contributed by atoms with van der Waals surface area (Å²) in [6, 6.07) is 7.36. The molecule has 0 atom stereocenters. The van der Waals surface area contributed by atoms with Crippen molar-refractivity contribution in [2.24, 2.45) is 0 Å². The van der Waals surface area contributed by atoms with Gasteiger partial charge in [-0.25, -0.2) is 0 Å². The fourth-order valence-corrected chi connectivity index (χ4v) is 1.00. The molecular weight excluding hydrogens is 168 g/mol. The summed E-state index contributed by atoms with van der Waals surface area (Å²) in [5, 5.41) is 7.20. The third kappa shape index (κ3) is 1.51. The largest absolute Gasteiger partial charge is 0.497 e. The third-order valence-corrected chi connectivity index (χ3v) is 1.66. The van der Waals surface area contributed by atoms with E-state index >= 15 is 0 Å². The molecule has 2 rings (SSSR count). The number of rotatable bonds is 2. The van der Waals surface area contributed by atoms with Crippen molar-refractivity contribution in [3.05, 3.63) is 30.7 Å². The van der Waals surface area contributed by atoms with Gasteiger partial charge in [-0.2, -0.15) is 0 Å². The van der Waals surface area contributed by atoms with Gasteiger partial charge in [-0.1, -0.05) is 0 Å². The van der Waals surface area contributed by atoms with Crippen molar-refractivity contribution in [3.63, 3.8) is 0 Å². The molecule has 1 radical (unpaired) electrons. The molecule has 0 saturated carbocycles. The minimum absolute atomic E-state index is 0.461. The summed E-state index contributed by atoms with van der Waals surface area (Å²) < 4.78 is 9.92. The van der Waals surface area contributed by atoms with Gasteiger partial charge in [0.05, 0.1) is 7.11 Å². The number of hydrogen-bond acceptors (Lipinski definition) is 4. The normalized spacial score (nSPS) is 9.92. The van der Waals surface area contributed by atoms with Crippen molar-refractivity contribution in [2.45, 2.75) is 0 Å². The molecule has 1 aromatic carbocycles. The molecule has 4 nitrogen and oxygen atoms in total. The first-order valence-electron chi connectivity index (χ1n) is 3.74. The summed E-state index contributed by atoms with van der Waals surface area (Å²) in [7, 11) is 1.62. The second-order valence-corrected chi connectivity index (χ2v) is 2.43. The predicted octanol–water partition coefficient (Wildman–Crippen LogP) is 1.55. The highest BCUT2D eigenvalue weighted by Crippen LogP contribution is 2.19. The molecule has 1 heterocycles. The maximum absolute atomic E-state index is 5.01. The molecule has 0 fully saturated rings. The smallest absolute Gasteiger partial charge is 0.306 e. The zero-order chi connectivity index (χ0) is 9.10. The summed E-state index contributed by atoms with van der Waals surface area (Å²) >= 11 is 0. The molecule has 0 amide bonds. The first kappa shape index (κ1) is 7.79. The molecule has 0 aliphatic rings. The Morgan fingerprint density at radius 3 is 2.62 bits per heavy atom. The van der Waals surface area contributed by atoms with Crippen LogP contribution in [0.5, 0.6) is 5.75 Å². The van der Waals surface area contributed by atoms with E-state index in [0.29, 0.717) is 5.89 Å². The van der Waals surface area contributed by atoms with E-state index in [1.54, 1.807) is 7.11 Å². The fraction of sp³-hybridized carbons (Fsp3) is 0.111. The molecule has 0 unspecified atom stereocenters. The SMILES string of the molecule is COc1ccc(-c2nn[c]o2)cc1. The third-order valence-electron chi connectivity index (χ3n) is 1.66. The molecular formula is C9H7N2O2. The van der Waals surface area contributed by atoms with Gasteiger partial charge in [0.1, 0.15) is 5.75 Å². The van der Waals surface area contributed by atoms with Crippen LogP contribution < -0.4 is 4.74 Å². The average Bonchev–Trinajstić information content (AvgIpc) is 2.71. The number of aromatic nitrogens is 2. The maximum atomic E-state index is 5.01. The van der Waals surface area contributed by atoms with E-state index in [1.165, 1.54) is 0 Å². The van der Waals surface area contributed by atoms with Gasteiger partial charge in [-0.05, 0) is 24.3 Å². The lowest BCUT2D eigenvalue weighted by atomic mass is 10.2. The standard InChI is InChI=1S/C9H7N2O2/c1-12-8-4-2-7(3-5-8)9-11-10-6-13-9/h2-5H,1H3. The van der Waals surface area contributed by atoms with Crippen molar-refractivity contribution in [1.29, 1.82) is 0 Å². The van der Waals surface area contributed by atoms with Gasteiger partial charge < -0.3 is 9.15 Å². The van der Waals surface area contributed by atoms with Gasteiger partial charge in [-0.3, -0.25) is 0 Å². The molecule has 1 aromatic heterocycles. The molecule has 0 bridgehead atoms. The van der Waals surface area contributed by atoms with Crippen LogP contribution in [-0.4, -0.2) is 17.3 Å². The van der Waals surface area contributed by atoms with Crippen molar-refractivity contribution >= 4 is 0 Å². The Labute approximate surface area is 75.2 Å². The molecule has 0 aliphatic carbocycles. The van der Waals surface area contributed by atoms with Crippen molar-refractivity contribution in [2.75, 3.05) is 7.11 Å². The Bertz CT molecular complexity index is 367. The Kier molecular flexibility index (Phi) is 1.96. The average molecular weight is 175 g/mol. The van der Waals surface area contributed by atoms with Crippen LogP contribution in [0, 0.1) is 6.39 Å². The quantitative estimate of drug-likeness (QED) is 0.694. The highest BCUT2D eigenvalue weighted by molar-refractivity contribution is 5.53. The van der Waals surface area contributed by atoms with Crippen molar-refractivity contribution in [1.82, 2.24) is 10.2 Å². The zero-order valence-corrected chi connectivity index (χ0v) is 7.02. The van der Waals surface area contributed by atoms with Gasteiger partial charge in [0, 0.05) is 5.56 Å². The van der Waals surface area contributed by atoms with Crippen LogP contribution in [0.2, 0.25) is 0 Å². The Morgan fingerprint density at radius 2 is 2.08 bits per heavy atom. The van der Waals surface area contributed by atoms with Crippen molar-refractivity contribution < 1.29 is 9.15 Å². The zero-order valence-electron chi connectivity index (χ0n) is 7.02. The van der Waals surface area contributed by atoms with Gasteiger partial charge in [0.25, 0.3) is 0 Å². The lowest BCUT2D eigenvalue weighted by Crippen LogP contribution is -1.82. The number of ether oxygens (including phenoxy) is 1. The molecule has 4 heteroatoms. The molecule has 0 N–H and O–H groups in total. The van der Waals surface area contributed by atoms with E-state index in [0.717, 1.165) is 11.3 Å². The summed E-state index contributed by atoms with van der Waals surface area (Å²) in [5.41, 5.74) is 0.856. The van der Waals surface area contributed by atoms with E-state index < -0.39 is 0 Å². The van der Waals surface area contributed by atoms with Crippen LogP contribution in [0.3, 0.4) is 0 Å². The monoisotopic (exact) mass is 175 g/mol. The first-order chi connectivity index (χ1) is 6.40. The van der Waals surface area contributed by atoms with Crippen LogP contribution in [0.4, 0.5) is 0 Å². The van der Waals surface area contributed by atoms with Crippen LogP contribution in [0.25, 0.3) is 11.5 Å². The summed E-state index contributed by atoms with van der Waals surface area (Å²) in [6.45, 7) is 0. The number of nitrogens with zero attached hydrogens (tertiary/aromatic N) is 2. The molecule has 65 valence electrons. The van der Waals surface area contributed by atoms with Crippen molar-refractivity contribution in [3.8, 4) is 17.2 Å². The molecule has 0 saturated heterocycles. The lowest BCUT2D eigenvalue weighted by molar-refractivity contribution is 0.415. The fourth-order valence-electron chi connectivity index (χ4n) is 1.00. The Balaban J connectivity index is 2.33. The van der Waals surface area contributed by atoms with Crippen LogP contribution in [0.15, 0.2) is 28.7 Å². The van der Waals surface area contributed by atoms with Crippen LogP contribution >= 0.6 is 0 Å². The van der Waals surface area contributed by atoms with Gasteiger partial charge >= 0.3 is 6.39 Å². The predicted molar refractivity (Wildman–Crippen MR) is 45.1 cm³/mol. The molecule has 2 aromatic rings. The van der Waals surface area contributed by atoms with E-state index in [4.69, 9.17) is 9.15 Å². The number of benzene rings is 1.